The van der Waals surface area contributed by atoms with Gasteiger partial charge in [0, 0.05) is 26.1 Å². The third kappa shape index (κ3) is 6.87. The van der Waals surface area contributed by atoms with Crippen molar-refractivity contribution in [2.24, 2.45) is 11.3 Å². The zero-order chi connectivity index (χ0) is 30.1. The summed E-state index contributed by atoms with van der Waals surface area (Å²) in [4.78, 5) is 59.5. The number of nitrogens with zero attached hydrogens (tertiary/aromatic N) is 3. The van der Waals surface area contributed by atoms with Gasteiger partial charge in [0.1, 0.15) is 12.1 Å². The SMILES string of the molecule is Cc1ncsc1-c1ccc([C@H](C)NC(=O)[C@@H]2C[C@@H](O)CN2C(=O)[C@@H](NC(=O)[C@@H]2CCN(C(=O)O)C2)C(C)(C)C)cc1. The molecule has 1 aromatic heterocycles. The molecule has 2 fully saturated rings. The molecule has 0 aliphatic carbocycles. The minimum absolute atomic E-state index is 0.0210. The van der Waals surface area contributed by atoms with Crippen LogP contribution in [0.3, 0.4) is 0 Å². The molecule has 2 aromatic rings. The lowest BCUT2D eigenvalue weighted by Gasteiger charge is -2.36. The van der Waals surface area contributed by atoms with E-state index in [1.807, 2.05) is 64.4 Å². The van der Waals surface area contributed by atoms with Gasteiger partial charge in [0.15, 0.2) is 0 Å². The van der Waals surface area contributed by atoms with Crippen LogP contribution in [0.25, 0.3) is 10.4 Å². The summed E-state index contributed by atoms with van der Waals surface area (Å²) in [5.74, 6) is -1.78. The van der Waals surface area contributed by atoms with Crippen LogP contribution in [0.2, 0.25) is 0 Å². The lowest BCUT2D eigenvalue weighted by molar-refractivity contribution is -0.144. The Morgan fingerprint density at radius 2 is 1.76 bits per heavy atom. The fourth-order valence-electron chi connectivity index (χ4n) is 5.42. The maximum atomic E-state index is 13.8. The molecule has 3 heterocycles. The van der Waals surface area contributed by atoms with Crippen molar-refractivity contribution in [3.05, 3.63) is 41.0 Å². The van der Waals surface area contributed by atoms with Crippen molar-refractivity contribution in [2.45, 2.75) is 71.7 Å². The summed E-state index contributed by atoms with van der Waals surface area (Å²) in [7, 11) is 0. The summed E-state index contributed by atoms with van der Waals surface area (Å²) >= 11 is 1.57. The Morgan fingerprint density at radius 3 is 2.32 bits per heavy atom. The average molecular weight is 586 g/mol. The summed E-state index contributed by atoms with van der Waals surface area (Å²) in [6.45, 7) is 9.58. The van der Waals surface area contributed by atoms with E-state index in [4.69, 9.17) is 0 Å². The smallest absolute Gasteiger partial charge is 0.407 e. The molecule has 11 nitrogen and oxygen atoms in total. The molecule has 0 spiro atoms. The Balaban J connectivity index is 1.44. The third-order valence-corrected chi connectivity index (χ3v) is 8.85. The number of benzene rings is 1. The van der Waals surface area contributed by atoms with Crippen LogP contribution in [0.5, 0.6) is 0 Å². The van der Waals surface area contributed by atoms with Crippen molar-refractivity contribution < 1.29 is 29.4 Å². The molecule has 0 unspecified atom stereocenters. The van der Waals surface area contributed by atoms with Gasteiger partial charge in [-0.25, -0.2) is 9.78 Å². The molecule has 4 amide bonds. The number of amides is 4. The topological polar surface area (TPSA) is 152 Å². The number of hydrogen-bond donors (Lipinski definition) is 4. The Hall–Kier alpha value is -3.51. The first-order valence-electron chi connectivity index (χ1n) is 13.8. The van der Waals surface area contributed by atoms with Crippen molar-refractivity contribution in [2.75, 3.05) is 19.6 Å². The second-order valence-electron chi connectivity index (χ2n) is 12.0. The number of carbonyl (C=O) groups is 4. The largest absolute Gasteiger partial charge is 0.465 e. The lowest BCUT2D eigenvalue weighted by Crippen LogP contribution is -2.58. The van der Waals surface area contributed by atoms with E-state index in [0.717, 1.165) is 21.7 Å². The second-order valence-corrected chi connectivity index (χ2v) is 12.9. The molecule has 1 aromatic carbocycles. The standard InChI is InChI=1S/C29H39N5O6S/c1-16(18-6-8-19(9-7-18)23-17(2)30-15-41-23)31-26(37)22-12-21(35)14-34(22)27(38)24(29(3,4)5)32-25(36)20-10-11-33(13-20)28(39)40/h6-9,15-16,20-22,24,35H,10-14H2,1-5H3,(H,31,37)(H,32,36)(H,39,40)/t16-,20+,21+,22-,24+/m0/s1. The minimum atomic E-state index is -1.08. The molecular formula is C29H39N5O6S. The number of aryl methyl sites for hydroxylation is 1. The number of aliphatic hydroxyl groups excluding tert-OH is 1. The third-order valence-electron chi connectivity index (χ3n) is 7.87. The van der Waals surface area contributed by atoms with E-state index in [9.17, 15) is 29.4 Å². The van der Waals surface area contributed by atoms with E-state index in [1.165, 1.54) is 9.80 Å². The van der Waals surface area contributed by atoms with Crippen LogP contribution in [0.4, 0.5) is 4.79 Å². The number of carboxylic acid groups (broad SMARTS) is 1. The summed E-state index contributed by atoms with van der Waals surface area (Å²) < 4.78 is 0. The fraction of sp³-hybridized carbons (Fsp3) is 0.552. The van der Waals surface area contributed by atoms with Gasteiger partial charge < -0.3 is 30.6 Å². The van der Waals surface area contributed by atoms with E-state index in [-0.39, 0.29) is 38.0 Å². The van der Waals surface area contributed by atoms with Crippen LogP contribution < -0.4 is 10.6 Å². The Bertz CT molecular complexity index is 1290. The summed E-state index contributed by atoms with van der Waals surface area (Å²) in [6, 6.07) is 5.68. The van der Waals surface area contributed by atoms with Crippen molar-refractivity contribution in [3.8, 4) is 10.4 Å². The number of aliphatic hydroxyl groups is 1. The molecule has 41 heavy (non-hydrogen) atoms. The van der Waals surface area contributed by atoms with E-state index in [1.54, 1.807) is 11.3 Å². The number of carbonyl (C=O) groups excluding carboxylic acids is 3. The Labute approximate surface area is 243 Å². The number of aromatic nitrogens is 1. The summed E-state index contributed by atoms with van der Waals surface area (Å²) in [6.07, 6.45) is -1.49. The Kier molecular flexibility index (Phi) is 9.03. The van der Waals surface area contributed by atoms with Crippen LogP contribution in [0, 0.1) is 18.3 Å². The number of nitrogens with one attached hydrogen (secondary N) is 2. The van der Waals surface area contributed by atoms with Gasteiger partial charge in [-0.05, 0) is 36.8 Å². The molecular weight excluding hydrogens is 546 g/mol. The van der Waals surface area contributed by atoms with Crippen LogP contribution in [-0.2, 0) is 14.4 Å². The molecule has 5 atom stereocenters. The van der Waals surface area contributed by atoms with Gasteiger partial charge in [-0.15, -0.1) is 11.3 Å². The molecule has 2 aliphatic heterocycles. The van der Waals surface area contributed by atoms with Gasteiger partial charge in [0.05, 0.1) is 34.1 Å². The van der Waals surface area contributed by atoms with Gasteiger partial charge in [-0.3, -0.25) is 14.4 Å². The minimum Gasteiger partial charge on any atom is -0.465 e. The zero-order valence-corrected chi connectivity index (χ0v) is 24.9. The summed E-state index contributed by atoms with van der Waals surface area (Å²) in [5.41, 5.74) is 4.02. The van der Waals surface area contributed by atoms with Gasteiger partial charge in [-0.1, -0.05) is 45.0 Å². The van der Waals surface area contributed by atoms with E-state index in [2.05, 4.69) is 15.6 Å². The first kappa shape index (κ1) is 30.4. The first-order chi connectivity index (χ1) is 19.3. The molecule has 0 bridgehead atoms. The molecule has 0 radical (unpaired) electrons. The zero-order valence-electron chi connectivity index (χ0n) is 24.1. The maximum absolute atomic E-state index is 13.8. The number of β-amino-alcohol motifs (C(OH)–C–C–N with tert-alkyl or cyclic N) is 1. The number of hydrogen-bond acceptors (Lipinski definition) is 7. The monoisotopic (exact) mass is 585 g/mol. The van der Waals surface area contributed by atoms with Crippen molar-refractivity contribution in [1.82, 2.24) is 25.4 Å². The van der Waals surface area contributed by atoms with Crippen LogP contribution in [0.1, 0.15) is 57.8 Å². The van der Waals surface area contributed by atoms with Crippen LogP contribution in [0.15, 0.2) is 29.8 Å². The number of likely N-dealkylation sites (tertiary alicyclic amines) is 2. The summed E-state index contributed by atoms with van der Waals surface area (Å²) in [5, 5.41) is 25.5. The van der Waals surface area contributed by atoms with Crippen molar-refractivity contribution in [1.29, 1.82) is 0 Å². The molecule has 2 saturated heterocycles. The molecule has 4 N–H and O–H groups in total. The van der Waals surface area contributed by atoms with E-state index < -0.39 is 47.4 Å². The van der Waals surface area contributed by atoms with Gasteiger partial charge in [0.2, 0.25) is 17.7 Å². The molecule has 2 aliphatic rings. The maximum Gasteiger partial charge on any atom is 0.407 e. The van der Waals surface area contributed by atoms with Crippen molar-refractivity contribution in [3.63, 3.8) is 0 Å². The van der Waals surface area contributed by atoms with E-state index >= 15 is 0 Å². The molecule has 4 rings (SSSR count). The first-order valence-corrected chi connectivity index (χ1v) is 14.7. The van der Waals surface area contributed by atoms with Gasteiger partial charge in [0.25, 0.3) is 0 Å². The van der Waals surface area contributed by atoms with E-state index in [0.29, 0.717) is 6.42 Å². The van der Waals surface area contributed by atoms with Crippen LogP contribution in [-0.4, -0.2) is 86.6 Å². The number of rotatable bonds is 7. The highest BCUT2D eigenvalue weighted by Crippen LogP contribution is 2.30. The van der Waals surface area contributed by atoms with Crippen molar-refractivity contribution >= 4 is 35.2 Å². The van der Waals surface area contributed by atoms with Gasteiger partial charge in [-0.2, -0.15) is 0 Å². The number of thiazole rings is 1. The molecule has 12 heteroatoms. The highest BCUT2D eigenvalue weighted by molar-refractivity contribution is 7.13. The average Bonchev–Trinajstić information content (AvgIpc) is 3.66. The highest BCUT2D eigenvalue weighted by Gasteiger charge is 2.45. The predicted molar refractivity (Wildman–Crippen MR) is 154 cm³/mol. The normalized spacial score (nSPS) is 22.3. The fourth-order valence-corrected chi connectivity index (χ4v) is 6.24. The molecule has 0 saturated carbocycles. The lowest BCUT2D eigenvalue weighted by atomic mass is 9.85. The predicted octanol–water partition coefficient (Wildman–Crippen LogP) is 2.79. The molecule has 222 valence electrons. The second kappa shape index (κ2) is 12.2. The highest BCUT2D eigenvalue weighted by atomic mass is 32.1. The van der Waals surface area contributed by atoms with Crippen LogP contribution >= 0.6 is 11.3 Å². The quantitative estimate of drug-likeness (QED) is 0.390. The van der Waals surface area contributed by atoms with Gasteiger partial charge >= 0.3 is 6.09 Å². The Morgan fingerprint density at radius 1 is 1.07 bits per heavy atom.